The minimum atomic E-state index is -0.189. The lowest BCUT2D eigenvalue weighted by atomic mass is 10.00. The highest BCUT2D eigenvalue weighted by Gasteiger charge is 2.08. The summed E-state index contributed by atoms with van der Waals surface area (Å²) in [5.74, 6) is -0.189. The zero-order valence-electron chi connectivity index (χ0n) is 12.7. The third kappa shape index (κ3) is 6.85. The van der Waals surface area contributed by atoms with Crippen LogP contribution in [0.15, 0.2) is 22.7 Å². The second kappa shape index (κ2) is 10.3. The second-order valence-electron chi connectivity index (χ2n) is 5.49. The quantitative estimate of drug-likeness (QED) is 0.555. The number of likely N-dealkylation sites (N-methyl/N-ethyl adjacent to an activating group) is 1. The van der Waals surface area contributed by atoms with Crippen LogP contribution in [0.2, 0.25) is 0 Å². The molecule has 1 aromatic rings. The molecule has 1 N–H and O–H groups in total. The van der Waals surface area contributed by atoms with E-state index in [1.165, 1.54) is 56.6 Å². The number of unbranched alkanes of at least 4 members (excludes halogenated alkanes) is 5. The van der Waals surface area contributed by atoms with Gasteiger partial charge >= 0.3 is 0 Å². The molecule has 1 rings (SSSR count). The Morgan fingerprint density at radius 1 is 1.15 bits per heavy atom. The van der Waals surface area contributed by atoms with Crippen molar-refractivity contribution in [3.05, 3.63) is 34.1 Å². The van der Waals surface area contributed by atoms with Gasteiger partial charge in [0, 0.05) is 6.04 Å². The van der Waals surface area contributed by atoms with Crippen molar-refractivity contribution in [1.29, 1.82) is 0 Å². The van der Waals surface area contributed by atoms with Gasteiger partial charge in [0.25, 0.3) is 0 Å². The molecule has 0 heterocycles. The molecule has 3 heteroatoms. The molecule has 0 fully saturated rings. The Morgan fingerprint density at radius 2 is 1.85 bits per heavy atom. The summed E-state index contributed by atoms with van der Waals surface area (Å²) < 4.78 is 13.8. The van der Waals surface area contributed by atoms with Crippen molar-refractivity contribution >= 4 is 15.9 Å². The van der Waals surface area contributed by atoms with Crippen LogP contribution in [0.25, 0.3) is 0 Å². The van der Waals surface area contributed by atoms with E-state index < -0.39 is 0 Å². The fourth-order valence-electron chi connectivity index (χ4n) is 2.47. The Bertz CT molecular complexity index is 381. The van der Waals surface area contributed by atoms with Crippen LogP contribution in [0.5, 0.6) is 0 Å². The number of halogens is 2. The summed E-state index contributed by atoms with van der Waals surface area (Å²) in [6.07, 6.45) is 10.1. The van der Waals surface area contributed by atoms with Gasteiger partial charge in [-0.1, -0.05) is 51.5 Å². The molecule has 0 amide bonds. The summed E-state index contributed by atoms with van der Waals surface area (Å²) in [5.41, 5.74) is 1.18. The molecule has 1 nitrogen and oxygen atoms in total. The second-order valence-corrected chi connectivity index (χ2v) is 6.35. The van der Waals surface area contributed by atoms with E-state index in [2.05, 4.69) is 28.2 Å². The molecule has 0 spiro atoms. The topological polar surface area (TPSA) is 12.0 Å². The van der Waals surface area contributed by atoms with E-state index in [-0.39, 0.29) is 5.82 Å². The first-order valence-electron chi connectivity index (χ1n) is 7.78. The number of hydrogen-bond acceptors (Lipinski definition) is 1. The van der Waals surface area contributed by atoms with E-state index in [0.717, 1.165) is 6.42 Å². The lowest BCUT2D eigenvalue weighted by Crippen LogP contribution is -2.27. The predicted molar refractivity (Wildman–Crippen MR) is 88.6 cm³/mol. The Labute approximate surface area is 131 Å². The minimum absolute atomic E-state index is 0.189. The van der Waals surface area contributed by atoms with Crippen molar-refractivity contribution in [3.8, 4) is 0 Å². The lowest BCUT2D eigenvalue weighted by molar-refractivity contribution is 0.479. The molecular weight excluding hydrogens is 317 g/mol. The summed E-state index contributed by atoms with van der Waals surface area (Å²) >= 11 is 3.25. The maximum atomic E-state index is 13.2. The van der Waals surface area contributed by atoms with Crippen LogP contribution in [-0.4, -0.2) is 13.1 Å². The average Bonchev–Trinajstić information content (AvgIpc) is 2.45. The van der Waals surface area contributed by atoms with Gasteiger partial charge in [0.2, 0.25) is 0 Å². The Balaban J connectivity index is 2.29. The van der Waals surface area contributed by atoms with Crippen molar-refractivity contribution in [2.75, 3.05) is 7.05 Å². The summed E-state index contributed by atoms with van der Waals surface area (Å²) in [4.78, 5) is 0. The Hall–Kier alpha value is -0.410. The maximum absolute atomic E-state index is 13.2. The Morgan fingerprint density at radius 3 is 2.50 bits per heavy atom. The molecule has 1 atom stereocenters. The fourth-order valence-corrected chi connectivity index (χ4v) is 2.90. The summed E-state index contributed by atoms with van der Waals surface area (Å²) in [6, 6.07) is 5.79. The van der Waals surface area contributed by atoms with E-state index in [4.69, 9.17) is 0 Å². The molecule has 0 saturated heterocycles. The van der Waals surface area contributed by atoms with Crippen molar-refractivity contribution < 1.29 is 4.39 Å². The molecule has 0 aliphatic rings. The van der Waals surface area contributed by atoms with Gasteiger partial charge in [0.1, 0.15) is 5.82 Å². The highest BCUT2D eigenvalue weighted by atomic mass is 79.9. The number of hydrogen-bond donors (Lipinski definition) is 1. The maximum Gasteiger partial charge on any atom is 0.137 e. The Kier molecular flexibility index (Phi) is 9.12. The van der Waals surface area contributed by atoms with Gasteiger partial charge in [0.05, 0.1) is 4.47 Å². The number of benzene rings is 1. The number of rotatable bonds is 10. The SMILES string of the molecule is CCCCCCCCC(Cc1ccc(F)c(Br)c1)NC. The predicted octanol–water partition coefficient (Wildman–Crippen LogP) is 5.47. The molecule has 114 valence electrons. The number of nitrogens with one attached hydrogen (secondary N) is 1. The molecule has 20 heavy (non-hydrogen) atoms. The molecule has 0 saturated carbocycles. The van der Waals surface area contributed by atoms with E-state index in [1.54, 1.807) is 0 Å². The summed E-state index contributed by atoms with van der Waals surface area (Å²) in [7, 11) is 2.01. The first kappa shape index (κ1) is 17.6. The zero-order chi connectivity index (χ0) is 14.8. The van der Waals surface area contributed by atoms with Crippen molar-refractivity contribution in [3.63, 3.8) is 0 Å². The van der Waals surface area contributed by atoms with Crippen LogP contribution in [0.3, 0.4) is 0 Å². The van der Waals surface area contributed by atoms with Crippen LogP contribution in [0.1, 0.15) is 57.4 Å². The smallest absolute Gasteiger partial charge is 0.137 e. The normalized spacial score (nSPS) is 12.6. The molecular formula is C17H27BrFN. The van der Waals surface area contributed by atoms with Crippen LogP contribution in [0, 0.1) is 5.82 Å². The van der Waals surface area contributed by atoms with Crippen LogP contribution in [-0.2, 0) is 6.42 Å². The van der Waals surface area contributed by atoms with Crippen LogP contribution < -0.4 is 5.32 Å². The summed E-state index contributed by atoms with van der Waals surface area (Å²) in [5, 5.41) is 3.38. The van der Waals surface area contributed by atoms with E-state index in [9.17, 15) is 4.39 Å². The van der Waals surface area contributed by atoms with E-state index in [0.29, 0.717) is 10.5 Å². The minimum Gasteiger partial charge on any atom is -0.317 e. The van der Waals surface area contributed by atoms with E-state index in [1.807, 2.05) is 19.2 Å². The highest BCUT2D eigenvalue weighted by Crippen LogP contribution is 2.19. The van der Waals surface area contributed by atoms with E-state index >= 15 is 0 Å². The highest BCUT2D eigenvalue weighted by molar-refractivity contribution is 9.10. The molecule has 1 unspecified atom stereocenters. The largest absolute Gasteiger partial charge is 0.317 e. The fraction of sp³-hybridized carbons (Fsp3) is 0.647. The molecule has 1 aromatic carbocycles. The standard InChI is InChI=1S/C17H27BrFN/c1-3-4-5-6-7-8-9-15(20-2)12-14-10-11-17(19)16(18)13-14/h10-11,13,15,20H,3-9,12H2,1-2H3. The average molecular weight is 344 g/mol. The van der Waals surface area contributed by atoms with Gasteiger partial charge in [-0.3, -0.25) is 0 Å². The van der Waals surface area contributed by atoms with Crippen LogP contribution >= 0.6 is 15.9 Å². The van der Waals surface area contributed by atoms with Gasteiger partial charge in [-0.2, -0.15) is 0 Å². The lowest BCUT2D eigenvalue weighted by Gasteiger charge is -2.16. The van der Waals surface area contributed by atoms with Gasteiger partial charge in [-0.05, 0) is 53.5 Å². The molecule has 0 aliphatic heterocycles. The molecule has 0 radical (unpaired) electrons. The van der Waals surface area contributed by atoms with Gasteiger partial charge in [-0.15, -0.1) is 0 Å². The van der Waals surface area contributed by atoms with Crippen LogP contribution in [0.4, 0.5) is 4.39 Å². The van der Waals surface area contributed by atoms with Crippen molar-refractivity contribution in [1.82, 2.24) is 5.32 Å². The van der Waals surface area contributed by atoms with Gasteiger partial charge in [0.15, 0.2) is 0 Å². The van der Waals surface area contributed by atoms with Gasteiger partial charge < -0.3 is 5.32 Å². The molecule has 0 aromatic heterocycles. The van der Waals surface area contributed by atoms with Crippen molar-refractivity contribution in [2.45, 2.75) is 64.3 Å². The summed E-state index contributed by atoms with van der Waals surface area (Å²) in [6.45, 7) is 2.25. The first-order valence-corrected chi connectivity index (χ1v) is 8.57. The zero-order valence-corrected chi connectivity index (χ0v) is 14.3. The van der Waals surface area contributed by atoms with Crippen molar-refractivity contribution in [2.24, 2.45) is 0 Å². The third-order valence-electron chi connectivity index (χ3n) is 3.78. The third-order valence-corrected chi connectivity index (χ3v) is 4.39. The molecule has 0 aliphatic carbocycles. The molecule has 0 bridgehead atoms. The monoisotopic (exact) mass is 343 g/mol. The van der Waals surface area contributed by atoms with Gasteiger partial charge in [-0.25, -0.2) is 4.39 Å². The first-order chi connectivity index (χ1) is 9.67.